The van der Waals surface area contributed by atoms with Gasteiger partial charge < -0.3 is 10.1 Å². The van der Waals surface area contributed by atoms with Crippen molar-refractivity contribution in [3.05, 3.63) is 48.5 Å². The molecule has 0 bridgehead atoms. The molecule has 2 aromatic rings. The Balaban J connectivity index is 1.80. The van der Waals surface area contributed by atoms with Crippen LogP contribution in [0.15, 0.2) is 42.9 Å². The van der Waals surface area contributed by atoms with Crippen molar-refractivity contribution in [1.29, 1.82) is 0 Å². The summed E-state index contributed by atoms with van der Waals surface area (Å²) in [5.41, 5.74) is 0.970. The van der Waals surface area contributed by atoms with Crippen LogP contribution >= 0.6 is 12.2 Å². The molecule has 24 heavy (non-hydrogen) atoms. The number of ether oxygens (including phenoxy) is 1. The molecule has 6 nitrogen and oxygen atoms in total. The number of unbranched alkanes of at least 4 members (excludes halogenated alkanes) is 2. The number of thiocarbonyl (C=S) groups is 1. The van der Waals surface area contributed by atoms with Crippen LogP contribution in [0.2, 0.25) is 0 Å². The van der Waals surface area contributed by atoms with E-state index >= 15 is 0 Å². The number of hydrogen-bond donors (Lipinski definition) is 2. The molecule has 0 unspecified atom stereocenters. The summed E-state index contributed by atoms with van der Waals surface area (Å²) in [7, 11) is 0. The van der Waals surface area contributed by atoms with E-state index in [0.717, 1.165) is 17.9 Å². The molecule has 0 radical (unpaired) electrons. The van der Waals surface area contributed by atoms with E-state index in [4.69, 9.17) is 17.0 Å². The van der Waals surface area contributed by atoms with Gasteiger partial charge in [-0.2, -0.15) is 0 Å². The summed E-state index contributed by atoms with van der Waals surface area (Å²) in [6, 6.07) is 7.41. The minimum atomic E-state index is -0.406. The van der Waals surface area contributed by atoms with Crippen molar-refractivity contribution in [3.63, 3.8) is 0 Å². The summed E-state index contributed by atoms with van der Waals surface area (Å²) in [4.78, 5) is 19.7. The summed E-state index contributed by atoms with van der Waals surface area (Å²) in [6.07, 6.45) is 7.71. The topological polar surface area (TPSA) is 76.1 Å². The van der Waals surface area contributed by atoms with Gasteiger partial charge >= 0.3 is 0 Å². The van der Waals surface area contributed by atoms with Crippen LogP contribution in [-0.4, -0.2) is 27.6 Å². The Bertz CT molecular complexity index is 662. The molecular weight excluding hydrogens is 324 g/mol. The summed E-state index contributed by atoms with van der Waals surface area (Å²) in [6.45, 7) is 2.87. The largest absolute Gasteiger partial charge is 0.494 e. The Kier molecular flexibility index (Phi) is 7.10. The molecule has 1 aromatic heterocycles. The third kappa shape index (κ3) is 5.92. The highest BCUT2D eigenvalue weighted by Crippen LogP contribution is 2.16. The minimum absolute atomic E-state index is 0.197. The first kappa shape index (κ1) is 17.8. The standard InChI is InChI=1S/C17H20N4O2S/c1-2-3-4-11-23-14-7-5-13(6-8-14)20-17(24)21-16(22)15-12-18-9-10-19-15/h5-10,12H,2-4,11H2,1H3,(H2,20,21,22,24). The second-order valence-corrected chi connectivity index (χ2v) is 5.49. The number of carbonyl (C=O) groups excluding carboxylic acids is 1. The number of nitrogens with one attached hydrogen (secondary N) is 2. The highest BCUT2D eigenvalue weighted by molar-refractivity contribution is 7.80. The first-order chi connectivity index (χ1) is 11.7. The Morgan fingerprint density at radius 2 is 2.00 bits per heavy atom. The highest BCUT2D eigenvalue weighted by Gasteiger charge is 2.09. The first-order valence-electron chi connectivity index (χ1n) is 7.80. The summed E-state index contributed by atoms with van der Waals surface area (Å²) in [5, 5.41) is 5.69. The lowest BCUT2D eigenvalue weighted by Crippen LogP contribution is -2.34. The molecule has 1 aromatic carbocycles. The average Bonchev–Trinajstić information content (AvgIpc) is 2.61. The van der Waals surface area contributed by atoms with Crippen molar-refractivity contribution in [3.8, 4) is 5.75 Å². The van der Waals surface area contributed by atoms with Gasteiger partial charge in [0.25, 0.3) is 5.91 Å². The van der Waals surface area contributed by atoms with Gasteiger partial charge in [-0.1, -0.05) is 19.8 Å². The molecule has 0 saturated heterocycles. The predicted molar refractivity (Wildman–Crippen MR) is 97.2 cm³/mol. The third-order valence-corrected chi connectivity index (χ3v) is 3.36. The van der Waals surface area contributed by atoms with Gasteiger partial charge in [0.05, 0.1) is 12.8 Å². The number of aromatic nitrogens is 2. The van der Waals surface area contributed by atoms with Crippen LogP contribution in [0.5, 0.6) is 5.75 Å². The van der Waals surface area contributed by atoms with Gasteiger partial charge in [-0.3, -0.25) is 15.1 Å². The highest BCUT2D eigenvalue weighted by atomic mass is 32.1. The second kappa shape index (κ2) is 9.57. The molecular formula is C17H20N4O2S. The predicted octanol–water partition coefficient (Wildman–Crippen LogP) is 3.17. The van der Waals surface area contributed by atoms with E-state index in [0.29, 0.717) is 6.61 Å². The monoisotopic (exact) mass is 344 g/mol. The van der Waals surface area contributed by atoms with Gasteiger partial charge in [0.2, 0.25) is 0 Å². The molecule has 0 aliphatic carbocycles. The van der Waals surface area contributed by atoms with Crippen molar-refractivity contribution < 1.29 is 9.53 Å². The van der Waals surface area contributed by atoms with Crippen LogP contribution < -0.4 is 15.4 Å². The maximum atomic E-state index is 11.9. The van der Waals surface area contributed by atoms with Crippen molar-refractivity contribution >= 4 is 28.9 Å². The third-order valence-electron chi connectivity index (χ3n) is 3.15. The summed E-state index contributed by atoms with van der Waals surface area (Å²) in [5.74, 6) is 0.405. The van der Waals surface area contributed by atoms with Crippen LogP contribution in [0.25, 0.3) is 0 Å². The Morgan fingerprint density at radius 3 is 2.67 bits per heavy atom. The van der Waals surface area contributed by atoms with Gasteiger partial charge in [0.1, 0.15) is 11.4 Å². The molecule has 0 atom stereocenters. The van der Waals surface area contributed by atoms with Crippen molar-refractivity contribution in [2.24, 2.45) is 0 Å². The Hall–Kier alpha value is -2.54. The molecule has 0 aliphatic heterocycles. The quantitative estimate of drug-likeness (QED) is 0.593. The number of rotatable bonds is 7. The fourth-order valence-corrected chi connectivity index (χ4v) is 2.13. The van der Waals surface area contributed by atoms with Gasteiger partial charge in [-0.15, -0.1) is 0 Å². The van der Waals surface area contributed by atoms with Crippen molar-refractivity contribution in [2.75, 3.05) is 11.9 Å². The lowest BCUT2D eigenvalue weighted by atomic mass is 10.2. The van der Waals surface area contributed by atoms with Crippen molar-refractivity contribution in [1.82, 2.24) is 15.3 Å². The zero-order chi connectivity index (χ0) is 17.2. The van der Waals surface area contributed by atoms with Gasteiger partial charge in [0.15, 0.2) is 5.11 Å². The van der Waals surface area contributed by atoms with Crippen molar-refractivity contribution in [2.45, 2.75) is 26.2 Å². The van der Waals surface area contributed by atoms with Crippen LogP contribution in [0.3, 0.4) is 0 Å². The minimum Gasteiger partial charge on any atom is -0.494 e. The zero-order valence-corrected chi connectivity index (χ0v) is 14.3. The molecule has 0 aliphatic rings. The first-order valence-corrected chi connectivity index (χ1v) is 8.21. The Morgan fingerprint density at radius 1 is 1.21 bits per heavy atom. The lowest BCUT2D eigenvalue weighted by Gasteiger charge is -2.10. The number of amides is 1. The Labute approximate surface area is 146 Å². The zero-order valence-electron chi connectivity index (χ0n) is 13.5. The van der Waals surface area contributed by atoms with Gasteiger partial charge in [-0.25, -0.2) is 4.98 Å². The fourth-order valence-electron chi connectivity index (χ4n) is 1.92. The molecule has 0 fully saturated rings. The average molecular weight is 344 g/mol. The lowest BCUT2D eigenvalue weighted by molar-refractivity contribution is 0.0972. The van der Waals surface area contributed by atoms with E-state index in [9.17, 15) is 4.79 Å². The summed E-state index contributed by atoms with van der Waals surface area (Å²) < 4.78 is 5.64. The van der Waals surface area contributed by atoms with Crippen LogP contribution in [0.4, 0.5) is 5.69 Å². The number of carbonyl (C=O) groups is 1. The fraction of sp³-hybridized carbons (Fsp3) is 0.294. The van der Waals surface area contributed by atoms with E-state index < -0.39 is 5.91 Å². The molecule has 1 amide bonds. The number of anilines is 1. The second-order valence-electron chi connectivity index (χ2n) is 5.08. The molecule has 7 heteroatoms. The smallest absolute Gasteiger partial charge is 0.277 e. The van der Waals surface area contributed by atoms with E-state index in [-0.39, 0.29) is 10.8 Å². The van der Waals surface area contributed by atoms with E-state index in [1.165, 1.54) is 31.4 Å². The van der Waals surface area contributed by atoms with Gasteiger partial charge in [0, 0.05) is 18.1 Å². The van der Waals surface area contributed by atoms with E-state index in [1.54, 1.807) is 0 Å². The van der Waals surface area contributed by atoms with Gasteiger partial charge in [-0.05, 0) is 42.9 Å². The molecule has 1 heterocycles. The van der Waals surface area contributed by atoms with Crippen LogP contribution in [-0.2, 0) is 0 Å². The molecule has 2 rings (SSSR count). The normalized spacial score (nSPS) is 10.0. The molecule has 0 saturated carbocycles. The molecule has 126 valence electrons. The van der Waals surface area contributed by atoms with Crippen LogP contribution in [0, 0.1) is 0 Å². The van der Waals surface area contributed by atoms with Crippen LogP contribution in [0.1, 0.15) is 36.7 Å². The number of hydrogen-bond acceptors (Lipinski definition) is 5. The molecule has 2 N–H and O–H groups in total. The van der Waals surface area contributed by atoms with E-state index in [1.807, 2.05) is 24.3 Å². The maximum absolute atomic E-state index is 11.9. The number of benzene rings is 1. The number of nitrogens with zero attached hydrogens (tertiary/aromatic N) is 2. The summed E-state index contributed by atoms with van der Waals surface area (Å²) >= 11 is 5.12. The molecule has 0 spiro atoms. The SMILES string of the molecule is CCCCCOc1ccc(NC(=S)NC(=O)c2cnccn2)cc1. The van der Waals surface area contributed by atoms with E-state index in [2.05, 4.69) is 27.5 Å². The maximum Gasteiger partial charge on any atom is 0.277 e.